The Morgan fingerprint density at radius 3 is 2.50 bits per heavy atom. The lowest BCUT2D eigenvalue weighted by molar-refractivity contribution is -0.129. The highest BCUT2D eigenvalue weighted by Gasteiger charge is 2.44. The first-order valence-electron chi connectivity index (χ1n) is 10.8. The first-order chi connectivity index (χ1) is 14.3. The van der Waals surface area contributed by atoms with E-state index in [1.165, 1.54) is 12.1 Å². The maximum absolute atomic E-state index is 14.1. The van der Waals surface area contributed by atoms with Gasteiger partial charge in [-0.25, -0.2) is 17.2 Å². The van der Waals surface area contributed by atoms with E-state index in [0.717, 1.165) is 18.9 Å². The lowest BCUT2D eigenvalue weighted by Crippen LogP contribution is -2.64. The molecule has 9 heteroatoms. The van der Waals surface area contributed by atoms with Crippen LogP contribution in [0.2, 0.25) is 0 Å². The van der Waals surface area contributed by atoms with Crippen LogP contribution in [0.1, 0.15) is 39.0 Å². The molecule has 3 fully saturated rings. The molecule has 6 nitrogen and oxygen atoms in total. The van der Waals surface area contributed by atoms with Crippen LogP contribution < -0.4 is 15.5 Å². The van der Waals surface area contributed by atoms with E-state index in [9.17, 15) is 22.0 Å². The minimum atomic E-state index is -3.39. The molecule has 0 aromatic heterocycles. The third kappa shape index (κ3) is 4.06. The quantitative estimate of drug-likeness (QED) is 0.747. The molecule has 2 N–H and O–H groups in total. The van der Waals surface area contributed by atoms with Crippen molar-refractivity contribution in [2.45, 2.75) is 61.6 Å². The van der Waals surface area contributed by atoms with Gasteiger partial charge in [-0.05, 0) is 44.2 Å². The van der Waals surface area contributed by atoms with Gasteiger partial charge in [0, 0.05) is 43.7 Å². The molecule has 3 aliphatic rings. The van der Waals surface area contributed by atoms with Crippen molar-refractivity contribution in [3.05, 3.63) is 29.8 Å². The van der Waals surface area contributed by atoms with Crippen LogP contribution in [-0.4, -0.2) is 56.5 Å². The average Bonchev–Trinajstić information content (AvgIpc) is 2.73. The fourth-order valence-electron chi connectivity index (χ4n) is 5.11. The highest BCUT2D eigenvalue weighted by atomic mass is 32.2. The van der Waals surface area contributed by atoms with Gasteiger partial charge in [0.25, 0.3) is 0 Å². The van der Waals surface area contributed by atoms with E-state index >= 15 is 0 Å². The number of amides is 1. The third-order valence-electron chi connectivity index (χ3n) is 6.96. The summed E-state index contributed by atoms with van der Waals surface area (Å²) in [4.78, 5) is 14.0. The molecule has 0 bridgehead atoms. The maximum Gasteiger partial charge on any atom is 0.223 e. The Labute approximate surface area is 176 Å². The molecule has 4 unspecified atom stereocenters. The van der Waals surface area contributed by atoms with E-state index in [1.807, 2.05) is 6.92 Å². The van der Waals surface area contributed by atoms with E-state index in [-0.39, 0.29) is 23.9 Å². The van der Waals surface area contributed by atoms with Crippen molar-refractivity contribution in [3.8, 4) is 0 Å². The third-order valence-corrected chi connectivity index (χ3v) is 9.65. The smallest absolute Gasteiger partial charge is 0.223 e. The van der Waals surface area contributed by atoms with E-state index in [2.05, 4.69) is 10.6 Å². The van der Waals surface area contributed by atoms with Gasteiger partial charge in [0.2, 0.25) is 5.91 Å². The van der Waals surface area contributed by atoms with E-state index < -0.39 is 32.0 Å². The summed E-state index contributed by atoms with van der Waals surface area (Å²) in [7, 11) is -3.39. The second-order valence-corrected chi connectivity index (χ2v) is 11.2. The van der Waals surface area contributed by atoms with Crippen molar-refractivity contribution in [2.24, 2.45) is 5.92 Å². The Morgan fingerprint density at radius 1 is 1.10 bits per heavy atom. The minimum absolute atomic E-state index is 0.0110. The number of benzene rings is 1. The predicted octanol–water partition coefficient (Wildman–Crippen LogP) is 1.99. The van der Waals surface area contributed by atoms with Crippen molar-refractivity contribution < 1.29 is 22.0 Å². The Bertz CT molecular complexity index is 903. The Kier molecular flexibility index (Phi) is 6.03. The number of hydrogen-bond donors (Lipinski definition) is 2. The van der Waals surface area contributed by atoms with Gasteiger partial charge in [-0.1, -0.05) is 6.92 Å². The van der Waals surface area contributed by atoms with E-state index in [0.29, 0.717) is 44.6 Å². The largest absolute Gasteiger partial charge is 0.369 e. The molecular weight excluding hydrogens is 412 g/mol. The number of sulfone groups is 1. The van der Waals surface area contributed by atoms with Gasteiger partial charge in [0.15, 0.2) is 9.84 Å². The molecule has 0 radical (unpaired) electrons. The zero-order valence-corrected chi connectivity index (χ0v) is 17.9. The number of rotatable bonds is 4. The fraction of sp³-hybridized carbons (Fsp3) is 0.667. The first-order valence-corrected chi connectivity index (χ1v) is 12.4. The van der Waals surface area contributed by atoms with Crippen LogP contribution >= 0.6 is 0 Å². The highest BCUT2D eigenvalue weighted by Crippen LogP contribution is 2.31. The van der Waals surface area contributed by atoms with Gasteiger partial charge >= 0.3 is 0 Å². The fourth-order valence-corrected chi connectivity index (χ4v) is 7.33. The molecule has 3 saturated heterocycles. The summed E-state index contributed by atoms with van der Waals surface area (Å²) in [6.45, 7) is 3.22. The van der Waals surface area contributed by atoms with Crippen LogP contribution in [0.4, 0.5) is 14.5 Å². The lowest BCUT2D eigenvalue weighted by atomic mass is 9.84. The number of piperidine rings is 3. The van der Waals surface area contributed by atoms with Crippen LogP contribution in [0, 0.1) is 17.6 Å². The summed E-state index contributed by atoms with van der Waals surface area (Å²) in [6.07, 6.45) is 2.80. The average molecular weight is 442 g/mol. The summed E-state index contributed by atoms with van der Waals surface area (Å²) in [5.41, 5.74) is 0.310. The topological polar surface area (TPSA) is 78.5 Å². The van der Waals surface area contributed by atoms with E-state index in [4.69, 9.17) is 0 Å². The molecule has 4 rings (SSSR count). The number of carbonyl (C=O) groups excluding carboxylic acids is 1. The first kappa shape index (κ1) is 21.5. The molecule has 0 aliphatic carbocycles. The van der Waals surface area contributed by atoms with Crippen molar-refractivity contribution >= 4 is 21.4 Å². The van der Waals surface area contributed by atoms with Crippen molar-refractivity contribution in [1.29, 1.82) is 0 Å². The molecule has 3 heterocycles. The molecule has 4 atom stereocenters. The van der Waals surface area contributed by atoms with Crippen molar-refractivity contribution in [2.75, 3.05) is 24.5 Å². The Morgan fingerprint density at radius 2 is 1.83 bits per heavy atom. The molecule has 3 aliphatic heterocycles. The number of hydrogen-bond acceptors (Lipinski definition) is 5. The molecule has 0 spiro atoms. The summed E-state index contributed by atoms with van der Waals surface area (Å²) < 4.78 is 53.8. The van der Waals surface area contributed by atoms with Crippen LogP contribution in [0.5, 0.6) is 0 Å². The van der Waals surface area contributed by atoms with Crippen LogP contribution in [0.25, 0.3) is 0 Å². The molecular formula is C21H29F2N3O3S. The lowest BCUT2D eigenvalue weighted by Gasteiger charge is -2.43. The van der Waals surface area contributed by atoms with Gasteiger partial charge < -0.3 is 15.5 Å². The monoisotopic (exact) mass is 441 g/mol. The predicted molar refractivity (Wildman–Crippen MR) is 111 cm³/mol. The van der Waals surface area contributed by atoms with Gasteiger partial charge in [-0.2, -0.15) is 0 Å². The SMILES string of the molecule is CCC1CC2NCC(S(=O)(=O)C3CCN(c4ccc(F)cc4F)CC3)CC2NC1=O. The number of carbonyl (C=O) groups is 1. The molecule has 30 heavy (non-hydrogen) atoms. The van der Waals surface area contributed by atoms with Gasteiger partial charge in [-0.15, -0.1) is 0 Å². The number of anilines is 1. The number of nitrogens with zero attached hydrogens (tertiary/aromatic N) is 1. The zero-order valence-electron chi connectivity index (χ0n) is 17.1. The standard InChI is InChI=1S/C21H29F2N3O3S/c1-2-13-9-18-19(25-21(13)27)11-16(12-24-18)30(28,29)15-5-7-26(8-6-15)20-4-3-14(22)10-17(20)23/h3-4,10,13,15-16,18-19,24H,2,5-9,11-12H2,1H3,(H,25,27). The number of nitrogens with one attached hydrogen (secondary N) is 2. The van der Waals surface area contributed by atoms with Gasteiger partial charge in [-0.3, -0.25) is 4.79 Å². The van der Waals surface area contributed by atoms with Gasteiger partial charge in [0.05, 0.1) is 16.2 Å². The van der Waals surface area contributed by atoms with Crippen LogP contribution in [-0.2, 0) is 14.6 Å². The summed E-state index contributed by atoms with van der Waals surface area (Å²) in [5.74, 6) is -1.24. The van der Waals surface area contributed by atoms with Crippen LogP contribution in [0.3, 0.4) is 0 Å². The minimum Gasteiger partial charge on any atom is -0.369 e. The second kappa shape index (κ2) is 8.42. The summed E-state index contributed by atoms with van der Waals surface area (Å²) >= 11 is 0. The van der Waals surface area contributed by atoms with E-state index in [1.54, 1.807) is 4.90 Å². The zero-order chi connectivity index (χ0) is 21.5. The Hall–Kier alpha value is -1.74. The van der Waals surface area contributed by atoms with Crippen LogP contribution in [0.15, 0.2) is 18.2 Å². The molecule has 1 aromatic rings. The number of fused-ring (bicyclic) bond motifs is 1. The summed E-state index contributed by atoms with van der Waals surface area (Å²) in [6, 6.07) is 3.45. The number of halogens is 2. The Balaban J connectivity index is 1.38. The van der Waals surface area contributed by atoms with Crippen molar-refractivity contribution in [1.82, 2.24) is 10.6 Å². The van der Waals surface area contributed by atoms with Crippen molar-refractivity contribution in [3.63, 3.8) is 0 Å². The summed E-state index contributed by atoms with van der Waals surface area (Å²) in [5, 5.41) is 5.36. The molecule has 166 valence electrons. The molecule has 0 saturated carbocycles. The van der Waals surface area contributed by atoms with Gasteiger partial charge in [0.1, 0.15) is 11.6 Å². The molecule has 1 amide bonds. The highest BCUT2D eigenvalue weighted by molar-refractivity contribution is 7.92. The normalized spacial score (nSPS) is 30.6. The maximum atomic E-state index is 14.1. The molecule has 1 aromatic carbocycles. The second-order valence-electron chi connectivity index (χ2n) is 8.70.